The smallest absolute Gasteiger partial charge is 0.0206 e. The minimum absolute atomic E-state index is 1.09. The van der Waals surface area contributed by atoms with Gasteiger partial charge in [-0.2, -0.15) is 0 Å². The summed E-state index contributed by atoms with van der Waals surface area (Å²) in [6, 6.07) is 0. The molecule has 0 fully saturated rings. The van der Waals surface area contributed by atoms with Crippen molar-refractivity contribution in [3.05, 3.63) is 42.7 Å². The van der Waals surface area contributed by atoms with Gasteiger partial charge in [-0.3, -0.25) is 0 Å². The van der Waals surface area contributed by atoms with E-state index in [1.165, 1.54) is 0 Å². The van der Waals surface area contributed by atoms with Crippen LogP contribution in [0, 0.1) is 0 Å². The minimum Gasteiger partial charge on any atom is -0.129 e. The molecule has 48 valence electrons. The third-order valence-corrected chi connectivity index (χ3v) is 0.808. The molecule has 0 saturated carbocycles. The summed E-state index contributed by atoms with van der Waals surface area (Å²) in [6.07, 6.45) is 10.8. The van der Waals surface area contributed by atoms with Crippen molar-refractivity contribution < 1.29 is 0 Å². The van der Waals surface area contributed by atoms with E-state index in [9.17, 15) is 0 Å². The van der Waals surface area contributed by atoms with Crippen LogP contribution in [0.1, 0.15) is 13.3 Å². The molecule has 0 rings (SSSR count). The minimum atomic E-state index is 1.09. The third kappa shape index (κ3) is 7.00. The standard InChI is InChI=1S/C9H12/c1-3-5-7-9-8-6-4-2/h5-9H,1,4H2,2H3. The Balaban J connectivity index is 3.46. The fraction of sp³-hybridized carbons (Fsp3) is 0.222. The number of allylic oxidation sites excluding steroid dienone is 5. The highest BCUT2D eigenvalue weighted by atomic mass is 13.7. The average molecular weight is 120 g/mol. The molecular formula is C9H12. The van der Waals surface area contributed by atoms with E-state index in [2.05, 4.69) is 25.3 Å². The van der Waals surface area contributed by atoms with Crippen molar-refractivity contribution >= 4 is 0 Å². The Kier molecular flexibility index (Phi) is 6.22. The molecule has 0 spiro atoms. The lowest BCUT2D eigenvalue weighted by Gasteiger charge is -1.71. The summed E-state index contributed by atoms with van der Waals surface area (Å²) in [5.41, 5.74) is 2.65. The molecule has 0 aromatic carbocycles. The summed E-state index contributed by atoms with van der Waals surface area (Å²) in [7, 11) is 0. The van der Waals surface area contributed by atoms with Crippen LogP contribution >= 0.6 is 0 Å². The Morgan fingerprint density at radius 1 is 1.33 bits per heavy atom. The second-order valence-electron chi connectivity index (χ2n) is 1.59. The lowest BCUT2D eigenvalue weighted by molar-refractivity contribution is 1.22. The molecule has 0 aromatic rings. The largest absolute Gasteiger partial charge is 0.129 e. The fourth-order valence-corrected chi connectivity index (χ4v) is 0.402. The summed E-state index contributed by atoms with van der Waals surface area (Å²) >= 11 is 0. The molecule has 0 aliphatic heterocycles. The molecule has 0 unspecified atom stereocenters. The van der Waals surface area contributed by atoms with Crippen molar-refractivity contribution in [1.29, 1.82) is 0 Å². The van der Waals surface area contributed by atoms with Gasteiger partial charge in [0.15, 0.2) is 0 Å². The summed E-state index contributed by atoms with van der Waals surface area (Å²) in [5.74, 6) is 0. The Hall–Kier alpha value is -1.00. The molecule has 0 heteroatoms. The van der Waals surface area contributed by atoms with Gasteiger partial charge in [-0.25, -0.2) is 0 Å². The van der Waals surface area contributed by atoms with Crippen molar-refractivity contribution in [2.45, 2.75) is 13.3 Å². The van der Waals surface area contributed by atoms with E-state index >= 15 is 0 Å². The quantitative estimate of drug-likeness (QED) is 0.397. The van der Waals surface area contributed by atoms with Crippen molar-refractivity contribution in [2.75, 3.05) is 0 Å². The molecule has 0 aliphatic carbocycles. The van der Waals surface area contributed by atoms with Crippen LogP contribution in [0.5, 0.6) is 0 Å². The van der Waals surface area contributed by atoms with Gasteiger partial charge in [-0.15, -0.1) is 5.73 Å². The van der Waals surface area contributed by atoms with Crippen LogP contribution in [0.15, 0.2) is 42.7 Å². The maximum absolute atomic E-state index is 3.42. The number of hydrogen-bond donors (Lipinski definition) is 0. The molecule has 0 aromatic heterocycles. The topological polar surface area (TPSA) is 0 Å². The van der Waals surface area contributed by atoms with Crippen LogP contribution in [0.2, 0.25) is 0 Å². The molecule has 0 aliphatic rings. The van der Waals surface area contributed by atoms with Crippen LogP contribution in [-0.2, 0) is 0 Å². The lowest BCUT2D eigenvalue weighted by Crippen LogP contribution is -1.50. The SMILES string of the molecule is C=C=CC=CC=CCC. The van der Waals surface area contributed by atoms with Gasteiger partial charge < -0.3 is 0 Å². The van der Waals surface area contributed by atoms with E-state index in [-0.39, 0.29) is 0 Å². The second-order valence-corrected chi connectivity index (χ2v) is 1.59. The number of hydrogen-bond acceptors (Lipinski definition) is 0. The van der Waals surface area contributed by atoms with E-state index in [0.29, 0.717) is 0 Å². The highest BCUT2D eigenvalue weighted by Crippen LogP contribution is 1.81. The van der Waals surface area contributed by atoms with Gasteiger partial charge in [-0.1, -0.05) is 37.8 Å². The van der Waals surface area contributed by atoms with Crippen LogP contribution in [0.3, 0.4) is 0 Å². The molecule has 0 saturated heterocycles. The van der Waals surface area contributed by atoms with E-state index in [1.807, 2.05) is 18.2 Å². The Labute approximate surface area is 56.9 Å². The van der Waals surface area contributed by atoms with Crippen LogP contribution in [-0.4, -0.2) is 0 Å². The lowest BCUT2D eigenvalue weighted by atomic mass is 10.4. The molecule has 0 bridgehead atoms. The predicted octanol–water partition coefficient (Wildman–Crippen LogP) is 2.85. The molecule has 0 radical (unpaired) electrons. The average Bonchev–Trinajstić information content (AvgIpc) is 1.89. The van der Waals surface area contributed by atoms with Crippen molar-refractivity contribution in [3.8, 4) is 0 Å². The van der Waals surface area contributed by atoms with Gasteiger partial charge in [0.2, 0.25) is 0 Å². The first-order valence-corrected chi connectivity index (χ1v) is 3.09. The third-order valence-electron chi connectivity index (χ3n) is 0.808. The maximum Gasteiger partial charge on any atom is -0.0206 e. The van der Waals surface area contributed by atoms with E-state index in [0.717, 1.165) is 6.42 Å². The Bertz CT molecular complexity index is 143. The van der Waals surface area contributed by atoms with Crippen molar-refractivity contribution in [2.24, 2.45) is 0 Å². The first kappa shape index (κ1) is 8.00. The fourth-order valence-electron chi connectivity index (χ4n) is 0.402. The zero-order chi connectivity index (χ0) is 6.95. The predicted molar refractivity (Wildman–Crippen MR) is 42.3 cm³/mol. The van der Waals surface area contributed by atoms with Crippen LogP contribution < -0.4 is 0 Å². The molecule has 9 heavy (non-hydrogen) atoms. The summed E-state index contributed by atoms with van der Waals surface area (Å²) in [5, 5.41) is 0. The molecule has 0 N–H and O–H groups in total. The first-order valence-electron chi connectivity index (χ1n) is 3.09. The first-order chi connectivity index (χ1) is 4.41. The van der Waals surface area contributed by atoms with Crippen LogP contribution in [0.25, 0.3) is 0 Å². The molecule has 0 nitrogen and oxygen atoms in total. The second kappa shape index (κ2) is 7.00. The van der Waals surface area contributed by atoms with Gasteiger partial charge in [0, 0.05) is 0 Å². The summed E-state index contributed by atoms with van der Waals surface area (Å²) in [6.45, 7) is 5.53. The Morgan fingerprint density at radius 2 is 2.11 bits per heavy atom. The molecule has 0 heterocycles. The zero-order valence-electron chi connectivity index (χ0n) is 5.80. The van der Waals surface area contributed by atoms with Gasteiger partial charge in [0.25, 0.3) is 0 Å². The van der Waals surface area contributed by atoms with Gasteiger partial charge in [0.05, 0.1) is 0 Å². The van der Waals surface area contributed by atoms with Crippen molar-refractivity contribution in [1.82, 2.24) is 0 Å². The van der Waals surface area contributed by atoms with Crippen LogP contribution in [0.4, 0.5) is 0 Å². The maximum atomic E-state index is 3.42. The highest BCUT2D eigenvalue weighted by molar-refractivity contribution is 5.09. The monoisotopic (exact) mass is 120 g/mol. The van der Waals surface area contributed by atoms with Gasteiger partial charge >= 0.3 is 0 Å². The molecule has 0 atom stereocenters. The van der Waals surface area contributed by atoms with Gasteiger partial charge in [0.1, 0.15) is 0 Å². The normalized spacial score (nSPS) is 10.3. The van der Waals surface area contributed by atoms with E-state index < -0.39 is 0 Å². The van der Waals surface area contributed by atoms with Gasteiger partial charge in [-0.05, 0) is 12.5 Å². The summed E-state index contributed by atoms with van der Waals surface area (Å²) < 4.78 is 0. The zero-order valence-corrected chi connectivity index (χ0v) is 5.80. The summed E-state index contributed by atoms with van der Waals surface area (Å²) in [4.78, 5) is 0. The highest BCUT2D eigenvalue weighted by Gasteiger charge is 1.60. The van der Waals surface area contributed by atoms with E-state index in [4.69, 9.17) is 0 Å². The van der Waals surface area contributed by atoms with E-state index in [1.54, 1.807) is 6.08 Å². The molecule has 0 amide bonds. The molecular weight excluding hydrogens is 108 g/mol. The van der Waals surface area contributed by atoms with Crippen molar-refractivity contribution in [3.63, 3.8) is 0 Å². The Morgan fingerprint density at radius 3 is 2.67 bits per heavy atom. The number of rotatable bonds is 3.